The van der Waals surface area contributed by atoms with Gasteiger partial charge in [0.2, 0.25) is 5.91 Å². The number of hydrogen-bond acceptors (Lipinski definition) is 4. The van der Waals surface area contributed by atoms with Crippen molar-refractivity contribution in [1.82, 2.24) is 4.90 Å². The third-order valence-corrected chi connectivity index (χ3v) is 2.66. The molecular weight excluding hydrogens is 246 g/mol. The Balaban J connectivity index is 2.55. The number of carbonyl (C=O) groups is 2. The van der Waals surface area contributed by atoms with Gasteiger partial charge < -0.3 is 14.4 Å². The molecule has 104 valence electrons. The lowest BCUT2D eigenvalue weighted by Crippen LogP contribution is -2.28. The molecule has 0 aliphatic carbocycles. The lowest BCUT2D eigenvalue weighted by molar-refractivity contribution is -0.142. The van der Waals surface area contributed by atoms with E-state index in [0.29, 0.717) is 11.5 Å². The van der Waals surface area contributed by atoms with E-state index in [9.17, 15) is 9.59 Å². The Kier molecular flexibility index (Phi) is 5.36. The third kappa shape index (κ3) is 4.62. The van der Waals surface area contributed by atoms with Gasteiger partial charge in [0.1, 0.15) is 11.5 Å². The Morgan fingerprint density at radius 3 is 2.16 bits per heavy atom. The normalized spacial score (nSPS) is 11.6. The van der Waals surface area contributed by atoms with Gasteiger partial charge in [-0.3, -0.25) is 9.59 Å². The van der Waals surface area contributed by atoms with E-state index in [-0.39, 0.29) is 12.3 Å². The first-order valence-corrected chi connectivity index (χ1v) is 6.00. The van der Waals surface area contributed by atoms with Crippen LogP contribution in [-0.4, -0.2) is 38.0 Å². The Bertz CT molecular complexity index is 439. The van der Waals surface area contributed by atoms with Crippen molar-refractivity contribution in [3.63, 3.8) is 0 Å². The number of amides is 1. The molecule has 1 rings (SSSR count). The molecule has 1 atom stereocenters. The molecule has 19 heavy (non-hydrogen) atoms. The molecule has 0 aliphatic rings. The predicted octanol–water partition coefficient (Wildman–Crippen LogP) is 1.72. The largest absolute Gasteiger partial charge is 0.497 e. The van der Waals surface area contributed by atoms with E-state index < -0.39 is 11.9 Å². The van der Waals surface area contributed by atoms with E-state index in [2.05, 4.69) is 0 Å². The molecule has 0 aliphatic heterocycles. The van der Waals surface area contributed by atoms with Crippen LogP contribution in [0.4, 0.5) is 0 Å². The number of carbonyl (C=O) groups excluding carboxylic acids is 2. The molecule has 1 amide bonds. The van der Waals surface area contributed by atoms with Crippen LogP contribution in [-0.2, 0) is 9.59 Å². The zero-order valence-corrected chi connectivity index (χ0v) is 11.7. The van der Waals surface area contributed by atoms with Crippen molar-refractivity contribution >= 4 is 11.9 Å². The van der Waals surface area contributed by atoms with Gasteiger partial charge in [0, 0.05) is 20.5 Å². The van der Waals surface area contributed by atoms with Gasteiger partial charge in [0.15, 0.2) is 0 Å². The van der Waals surface area contributed by atoms with Gasteiger partial charge in [-0.1, -0.05) is 6.92 Å². The lowest BCUT2D eigenvalue weighted by atomic mass is 10.1. The van der Waals surface area contributed by atoms with E-state index >= 15 is 0 Å². The number of methoxy groups -OCH3 is 1. The molecule has 1 aromatic carbocycles. The fourth-order valence-electron chi connectivity index (χ4n) is 1.39. The number of hydrogen-bond donors (Lipinski definition) is 0. The molecule has 0 radical (unpaired) electrons. The zero-order chi connectivity index (χ0) is 14.4. The molecule has 5 nitrogen and oxygen atoms in total. The first kappa shape index (κ1) is 15.0. The minimum atomic E-state index is -0.475. The Labute approximate surface area is 113 Å². The van der Waals surface area contributed by atoms with Crippen molar-refractivity contribution in [3.05, 3.63) is 24.3 Å². The number of benzene rings is 1. The average molecular weight is 265 g/mol. The van der Waals surface area contributed by atoms with E-state index in [1.54, 1.807) is 52.4 Å². The first-order valence-electron chi connectivity index (χ1n) is 6.00. The summed E-state index contributed by atoms with van der Waals surface area (Å²) in [7, 11) is 4.88. The molecule has 0 aromatic heterocycles. The number of nitrogens with zero attached hydrogens (tertiary/aromatic N) is 1. The highest BCUT2D eigenvalue weighted by atomic mass is 16.5. The smallest absolute Gasteiger partial charge is 0.314 e. The predicted molar refractivity (Wildman–Crippen MR) is 71.1 cm³/mol. The van der Waals surface area contributed by atoms with Gasteiger partial charge in [-0.25, -0.2) is 0 Å². The number of rotatable bonds is 5. The number of ether oxygens (including phenoxy) is 2. The highest BCUT2D eigenvalue weighted by molar-refractivity contribution is 5.83. The van der Waals surface area contributed by atoms with Crippen molar-refractivity contribution < 1.29 is 19.1 Å². The summed E-state index contributed by atoms with van der Waals surface area (Å²) in [4.78, 5) is 24.8. The number of esters is 1. The fourth-order valence-corrected chi connectivity index (χ4v) is 1.39. The monoisotopic (exact) mass is 265 g/mol. The van der Waals surface area contributed by atoms with Crippen LogP contribution in [0.15, 0.2) is 24.3 Å². The maximum atomic E-state index is 11.8. The second-order valence-electron chi connectivity index (χ2n) is 4.49. The van der Waals surface area contributed by atoms with E-state index in [1.165, 1.54) is 4.90 Å². The second kappa shape index (κ2) is 6.78. The Morgan fingerprint density at radius 1 is 1.16 bits per heavy atom. The molecule has 0 bridgehead atoms. The summed E-state index contributed by atoms with van der Waals surface area (Å²) < 4.78 is 10.2. The van der Waals surface area contributed by atoms with Crippen molar-refractivity contribution in [2.24, 2.45) is 5.92 Å². The minimum Gasteiger partial charge on any atom is -0.497 e. The lowest BCUT2D eigenvalue weighted by Gasteiger charge is -2.14. The fraction of sp³-hybridized carbons (Fsp3) is 0.429. The van der Waals surface area contributed by atoms with E-state index in [0.717, 1.165) is 0 Å². The summed E-state index contributed by atoms with van der Waals surface area (Å²) in [5, 5.41) is 0. The van der Waals surface area contributed by atoms with Gasteiger partial charge in [-0.2, -0.15) is 0 Å². The minimum absolute atomic E-state index is 0.0980. The van der Waals surface area contributed by atoms with Crippen LogP contribution in [0.25, 0.3) is 0 Å². The van der Waals surface area contributed by atoms with Crippen LogP contribution in [0.3, 0.4) is 0 Å². The summed E-state index contributed by atoms with van der Waals surface area (Å²) >= 11 is 0. The highest BCUT2D eigenvalue weighted by Gasteiger charge is 2.20. The maximum absolute atomic E-state index is 11.8. The second-order valence-corrected chi connectivity index (χ2v) is 4.49. The molecule has 0 spiro atoms. The van der Waals surface area contributed by atoms with Crippen molar-refractivity contribution in [1.29, 1.82) is 0 Å². The summed E-state index contributed by atoms with van der Waals surface area (Å²) in [6, 6.07) is 6.71. The van der Waals surface area contributed by atoms with Gasteiger partial charge in [0.25, 0.3) is 0 Å². The van der Waals surface area contributed by atoms with Crippen LogP contribution in [0.2, 0.25) is 0 Å². The molecule has 0 unspecified atom stereocenters. The van der Waals surface area contributed by atoms with E-state index in [1.807, 2.05) is 0 Å². The molecule has 0 fully saturated rings. The molecule has 0 heterocycles. The third-order valence-electron chi connectivity index (χ3n) is 2.66. The topological polar surface area (TPSA) is 55.8 Å². The Morgan fingerprint density at radius 2 is 1.68 bits per heavy atom. The summed E-state index contributed by atoms with van der Waals surface area (Å²) in [6.07, 6.45) is 0.141. The summed E-state index contributed by atoms with van der Waals surface area (Å²) in [5.74, 6) is 0.141. The molecule has 0 saturated carbocycles. The van der Waals surface area contributed by atoms with Crippen LogP contribution < -0.4 is 9.47 Å². The molecule has 5 heteroatoms. The van der Waals surface area contributed by atoms with Crippen molar-refractivity contribution in [2.45, 2.75) is 13.3 Å². The molecule has 0 saturated heterocycles. The standard InChI is InChI=1S/C14H19NO4/c1-10(9-13(16)15(2)3)14(17)19-12-7-5-11(18-4)6-8-12/h5-8,10H,9H2,1-4H3/t10-/m0/s1. The van der Waals surface area contributed by atoms with E-state index in [4.69, 9.17) is 9.47 Å². The Hall–Kier alpha value is -2.04. The van der Waals surface area contributed by atoms with Gasteiger partial charge in [-0.05, 0) is 24.3 Å². The van der Waals surface area contributed by atoms with Crippen LogP contribution in [0.5, 0.6) is 11.5 Å². The quantitative estimate of drug-likeness (QED) is 0.601. The summed E-state index contributed by atoms with van der Waals surface area (Å²) in [5.41, 5.74) is 0. The van der Waals surface area contributed by atoms with Gasteiger partial charge in [-0.15, -0.1) is 0 Å². The van der Waals surface area contributed by atoms with Crippen molar-refractivity contribution in [3.8, 4) is 11.5 Å². The van der Waals surface area contributed by atoms with Gasteiger partial charge in [0.05, 0.1) is 13.0 Å². The first-order chi connectivity index (χ1) is 8.93. The zero-order valence-electron chi connectivity index (χ0n) is 11.7. The average Bonchev–Trinajstić information content (AvgIpc) is 2.39. The van der Waals surface area contributed by atoms with Crippen molar-refractivity contribution in [2.75, 3.05) is 21.2 Å². The SMILES string of the molecule is COc1ccc(OC(=O)[C@@H](C)CC(=O)N(C)C)cc1. The maximum Gasteiger partial charge on any atom is 0.314 e. The highest BCUT2D eigenvalue weighted by Crippen LogP contribution is 2.18. The molecule has 1 aromatic rings. The van der Waals surface area contributed by atoms with Crippen LogP contribution in [0, 0.1) is 5.92 Å². The van der Waals surface area contributed by atoms with Crippen LogP contribution in [0.1, 0.15) is 13.3 Å². The molecule has 0 N–H and O–H groups in total. The molecular formula is C14H19NO4. The van der Waals surface area contributed by atoms with Gasteiger partial charge >= 0.3 is 5.97 Å². The summed E-state index contributed by atoms with van der Waals surface area (Å²) in [6.45, 7) is 1.67. The van der Waals surface area contributed by atoms with Crippen LogP contribution >= 0.6 is 0 Å².